The Labute approximate surface area is 126 Å². The molecular formula is C13H17ClN4OS. The van der Waals surface area contributed by atoms with Gasteiger partial charge in [-0.3, -0.25) is 9.48 Å². The van der Waals surface area contributed by atoms with Crippen molar-refractivity contribution in [3.05, 3.63) is 39.0 Å². The van der Waals surface area contributed by atoms with Crippen molar-refractivity contribution in [1.82, 2.24) is 19.7 Å². The molecule has 1 N–H and O–H groups in total. The second-order valence-electron chi connectivity index (χ2n) is 5.56. The molecule has 20 heavy (non-hydrogen) atoms. The summed E-state index contributed by atoms with van der Waals surface area (Å²) in [5.74, 6) is 0.608. The Morgan fingerprint density at radius 2 is 2.10 bits per heavy atom. The van der Waals surface area contributed by atoms with Crippen LogP contribution in [-0.4, -0.2) is 19.7 Å². The van der Waals surface area contributed by atoms with Crippen LogP contribution in [0.1, 0.15) is 32.2 Å². The van der Waals surface area contributed by atoms with Gasteiger partial charge < -0.3 is 4.98 Å². The van der Waals surface area contributed by atoms with Gasteiger partial charge in [-0.1, -0.05) is 44.1 Å². The Hall–Kier alpha value is -1.27. The summed E-state index contributed by atoms with van der Waals surface area (Å²) in [5, 5.41) is 5.45. The lowest BCUT2D eigenvalue weighted by Gasteiger charge is -2.17. The van der Waals surface area contributed by atoms with Gasteiger partial charge in [0.25, 0.3) is 5.56 Å². The Bertz CT molecular complexity index is 652. The van der Waals surface area contributed by atoms with E-state index >= 15 is 0 Å². The fraction of sp³-hybridized carbons (Fsp3) is 0.462. The van der Waals surface area contributed by atoms with Crippen molar-refractivity contribution in [3.8, 4) is 0 Å². The monoisotopic (exact) mass is 312 g/mol. The van der Waals surface area contributed by atoms with E-state index in [9.17, 15) is 4.79 Å². The predicted octanol–water partition coefficient (Wildman–Crippen LogP) is 2.75. The first-order chi connectivity index (χ1) is 9.25. The fourth-order valence-corrected chi connectivity index (χ4v) is 2.53. The summed E-state index contributed by atoms with van der Waals surface area (Å²) in [6.07, 6.45) is 0. The standard InChI is InChI=1S/C13H17ClN4OS/c1-13(2,3)9-6-11(19)16-12(15-9)20-7-8-5-10(14)18(4)17-8/h5-6H,7H2,1-4H3,(H,15,16,19). The number of thioether (sulfide) groups is 1. The molecule has 2 aromatic heterocycles. The lowest BCUT2D eigenvalue weighted by molar-refractivity contribution is 0.556. The van der Waals surface area contributed by atoms with Crippen molar-refractivity contribution in [2.24, 2.45) is 7.05 Å². The zero-order valence-corrected chi connectivity index (χ0v) is 13.5. The fourth-order valence-electron chi connectivity index (χ4n) is 1.60. The van der Waals surface area contributed by atoms with Gasteiger partial charge >= 0.3 is 0 Å². The normalized spacial score (nSPS) is 11.8. The van der Waals surface area contributed by atoms with E-state index in [1.807, 2.05) is 20.8 Å². The second-order valence-corrected chi connectivity index (χ2v) is 6.91. The van der Waals surface area contributed by atoms with E-state index in [0.717, 1.165) is 11.4 Å². The van der Waals surface area contributed by atoms with Gasteiger partial charge in [0.05, 0.1) is 11.4 Å². The molecule has 0 saturated heterocycles. The zero-order chi connectivity index (χ0) is 14.9. The maximum absolute atomic E-state index is 11.7. The minimum absolute atomic E-state index is 0.133. The molecule has 0 amide bonds. The topological polar surface area (TPSA) is 63.6 Å². The minimum atomic E-state index is -0.155. The number of nitrogens with one attached hydrogen (secondary N) is 1. The van der Waals surface area contributed by atoms with Crippen molar-refractivity contribution in [2.45, 2.75) is 37.1 Å². The largest absolute Gasteiger partial charge is 0.301 e. The van der Waals surface area contributed by atoms with Gasteiger partial charge in [0, 0.05) is 24.3 Å². The molecule has 0 aliphatic heterocycles. The molecule has 2 heterocycles. The SMILES string of the molecule is Cn1nc(CSc2nc(C(C)(C)C)cc(=O)[nH]2)cc1Cl. The lowest BCUT2D eigenvalue weighted by atomic mass is 9.92. The average Bonchev–Trinajstić information content (AvgIpc) is 2.65. The molecule has 0 saturated carbocycles. The highest BCUT2D eigenvalue weighted by atomic mass is 35.5. The van der Waals surface area contributed by atoms with Gasteiger partial charge in [0.2, 0.25) is 0 Å². The van der Waals surface area contributed by atoms with Crippen LogP contribution in [0.4, 0.5) is 0 Å². The summed E-state index contributed by atoms with van der Waals surface area (Å²) < 4.78 is 1.61. The van der Waals surface area contributed by atoms with Crippen LogP contribution in [0.3, 0.4) is 0 Å². The third-order valence-corrected chi connectivity index (χ3v) is 3.98. The maximum atomic E-state index is 11.7. The number of aromatic nitrogens is 4. The number of aryl methyl sites for hydroxylation is 1. The van der Waals surface area contributed by atoms with Crippen LogP contribution in [0.25, 0.3) is 0 Å². The highest BCUT2D eigenvalue weighted by molar-refractivity contribution is 7.98. The van der Waals surface area contributed by atoms with Crippen LogP contribution >= 0.6 is 23.4 Å². The molecule has 0 radical (unpaired) electrons. The van der Waals surface area contributed by atoms with Crippen LogP contribution in [0.15, 0.2) is 22.1 Å². The second kappa shape index (κ2) is 5.61. The van der Waals surface area contributed by atoms with Crippen LogP contribution in [-0.2, 0) is 18.2 Å². The van der Waals surface area contributed by atoms with E-state index < -0.39 is 0 Å². The van der Waals surface area contributed by atoms with E-state index in [1.54, 1.807) is 23.9 Å². The smallest absolute Gasteiger partial charge is 0.251 e. The number of hydrogen-bond acceptors (Lipinski definition) is 4. The van der Waals surface area contributed by atoms with E-state index in [4.69, 9.17) is 11.6 Å². The van der Waals surface area contributed by atoms with Crippen LogP contribution in [0, 0.1) is 0 Å². The summed E-state index contributed by atoms with van der Waals surface area (Å²) in [5.41, 5.74) is 1.35. The molecule has 108 valence electrons. The molecule has 0 fully saturated rings. The number of H-pyrrole nitrogens is 1. The Morgan fingerprint density at radius 3 is 2.65 bits per heavy atom. The first kappa shape index (κ1) is 15.1. The number of rotatable bonds is 3. The van der Waals surface area contributed by atoms with Gasteiger partial charge in [-0.15, -0.1) is 0 Å². The van der Waals surface area contributed by atoms with Crippen molar-refractivity contribution >= 4 is 23.4 Å². The van der Waals surface area contributed by atoms with Crippen molar-refractivity contribution in [2.75, 3.05) is 0 Å². The number of nitrogens with zero attached hydrogens (tertiary/aromatic N) is 3. The summed E-state index contributed by atoms with van der Waals surface area (Å²) >= 11 is 7.38. The molecule has 2 rings (SSSR count). The zero-order valence-electron chi connectivity index (χ0n) is 11.9. The number of halogens is 1. The van der Waals surface area contributed by atoms with Gasteiger partial charge in [0.1, 0.15) is 5.15 Å². The predicted molar refractivity (Wildman–Crippen MR) is 81.3 cm³/mol. The Morgan fingerprint density at radius 1 is 1.40 bits per heavy atom. The van der Waals surface area contributed by atoms with Gasteiger partial charge in [-0.05, 0) is 6.07 Å². The van der Waals surface area contributed by atoms with Crippen molar-refractivity contribution < 1.29 is 0 Å². The van der Waals surface area contributed by atoms with Gasteiger partial charge in [-0.25, -0.2) is 4.98 Å². The molecule has 0 atom stereocenters. The quantitative estimate of drug-likeness (QED) is 0.699. The van der Waals surface area contributed by atoms with E-state index in [-0.39, 0.29) is 11.0 Å². The summed E-state index contributed by atoms with van der Waals surface area (Å²) in [6, 6.07) is 3.35. The molecule has 0 aromatic carbocycles. The molecule has 7 heteroatoms. The van der Waals surface area contributed by atoms with Gasteiger partial charge in [0.15, 0.2) is 5.16 Å². The molecular weight excluding hydrogens is 296 g/mol. The molecule has 5 nitrogen and oxygen atoms in total. The summed E-state index contributed by atoms with van der Waals surface area (Å²) in [6.45, 7) is 6.09. The number of aromatic amines is 1. The third-order valence-electron chi connectivity index (χ3n) is 2.72. The summed E-state index contributed by atoms with van der Waals surface area (Å²) in [4.78, 5) is 18.9. The average molecular weight is 313 g/mol. The maximum Gasteiger partial charge on any atom is 0.251 e. The molecule has 0 spiro atoms. The van der Waals surface area contributed by atoms with Gasteiger partial charge in [-0.2, -0.15) is 5.10 Å². The lowest BCUT2D eigenvalue weighted by Crippen LogP contribution is -2.19. The third kappa shape index (κ3) is 3.64. The highest BCUT2D eigenvalue weighted by Crippen LogP contribution is 2.23. The van der Waals surface area contributed by atoms with Crippen LogP contribution in [0.5, 0.6) is 0 Å². The van der Waals surface area contributed by atoms with Crippen LogP contribution in [0.2, 0.25) is 5.15 Å². The molecule has 2 aromatic rings. The Balaban J connectivity index is 2.17. The molecule has 0 bridgehead atoms. The van der Waals surface area contributed by atoms with E-state index in [1.165, 1.54) is 11.8 Å². The van der Waals surface area contributed by atoms with E-state index in [0.29, 0.717) is 16.1 Å². The van der Waals surface area contributed by atoms with E-state index in [2.05, 4.69) is 15.1 Å². The van der Waals surface area contributed by atoms with Crippen molar-refractivity contribution in [1.29, 1.82) is 0 Å². The first-order valence-corrected chi connectivity index (χ1v) is 7.55. The highest BCUT2D eigenvalue weighted by Gasteiger charge is 2.17. The number of hydrogen-bond donors (Lipinski definition) is 1. The molecule has 0 aliphatic carbocycles. The first-order valence-electron chi connectivity index (χ1n) is 6.19. The summed E-state index contributed by atoms with van der Waals surface area (Å²) in [7, 11) is 1.79. The minimum Gasteiger partial charge on any atom is -0.301 e. The molecule has 0 unspecified atom stereocenters. The Kier molecular flexibility index (Phi) is 4.25. The van der Waals surface area contributed by atoms with Crippen molar-refractivity contribution in [3.63, 3.8) is 0 Å². The van der Waals surface area contributed by atoms with Crippen LogP contribution < -0.4 is 5.56 Å². The molecule has 0 aliphatic rings.